The molecule has 3 rings (SSSR count). The molecule has 0 radical (unpaired) electrons. The molecule has 1 aliphatic heterocycles. The van der Waals surface area contributed by atoms with Gasteiger partial charge in [-0.25, -0.2) is 0 Å². The van der Waals surface area contributed by atoms with E-state index in [1.165, 1.54) is 11.6 Å². The molecule has 0 aliphatic carbocycles. The number of piperidine rings is 1. The van der Waals surface area contributed by atoms with Crippen molar-refractivity contribution in [2.24, 2.45) is 0 Å². The van der Waals surface area contributed by atoms with Crippen molar-refractivity contribution in [2.75, 3.05) is 13.1 Å². The predicted molar refractivity (Wildman–Crippen MR) is 98.3 cm³/mol. The van der Waals surface area contributed by atoms with Crippen LogP contribution in [0.4, 0.5) is 0 Å². The number of carbonyl (C=O) groups excluding carboxylic acids is 1. The highest BCUT2D eigenvalue weighted by Gasteiger charge is 2.19. The second kappa shape index (κ2) is 8.31. The number of likely N-dealkylation sites (tertiary alicyclic amines) is 1. The van der Waals surface area contributed by atoms with Crippen LogP contribution >= 0.6 is 15.9 Å². The maximum atomic E-state index is 12.0. The molecule has 0 bridgehead atoms. The number of nitrogens with one attached hydrogen (secondary N) is 1. The van der Waals surface area contributed by atoms with Crippen LogP contribution in [0.3, 0.4) is 0 Å². The standard InChI is InChI=1S/C19H21BrN2O2/c20-18-8-6-17(24-18)7-9-19(23)21-16-10-12-22(13-11-16)14-15-4-2-1-3-5-15/h1-9,16H,10-14H2,(H,21,23)/b9-7+. The zero-order chi connectivity index (χ0) is 16.8. The molecule has 1 saturated heterocycles. The van der Waals surface area contributed by atoms with E-state index in [-0.39, 0.29) is 11.9 Å². The maximum Gasteiger partial charge on any atom is 0.244 e. The highest BCUT2D eigenvalue weighted by molar-refractivity contribution is 9.10. The largest absolute Gasteiger partial charge is 0.450 e. The van der Waals surface area contributed by atoms with E-state index in [9.17, 15) is 4.79 Å². The van der Waals surface area contributed by atoms with Gasteiger partial charge in [0.05, 0.1) is 0 Å². The van der Waals surface area contributed by atoms with Crippen LogP contribution in [-0.4, -0.2) is 29.9 Å². The molecule has 1 aliphatic rings. The fraction of sp³-hybridized carbons (Fsp3) is 0.316. The number of hydrogen-bond acceptors (Lipinski definition) is 3. The number of furan rings is 1. The van der Waals surface area contributed by atoms with Crippen molar-refractivity contribution < 1.29 is 9.21 Å². The Morgan fingerprint density at radius 2 is 1.96 bits per heavy atom. The number of benzene rings is 1. The molecule has 0 atom stereocenters. The van der Waals surface area contributed by atoms with Gasteiger partial charge in [-0.05, 0) is 52.5 Å². The Morgan fingerprint density at radius 1 is 1.21 bits per heavy atom. The lowest BCUT2D eigenvalue weighted by atomic mass is 10.0. The first-order valence-electron chi connectivity index (χ1n) is 8.19. The number of carbonyl (C=O) groups is 1. The Bertz CT molecular complexity index is 688. The molecular weight excluding hydrogens is 368 g/mol. The van der Waals surface area contributed by atoms with Crippen molar-refractivity contribution >= 4 is 27.9 Å². The quantitative estimate of drug-likeness (QED) is 0.791. The maximum absolute atomic E-state index is 12.0. The van der Waals surface area contributed by atoms with Crippen LogP contribution in [0.2, 0.25) is 0 Å². The second-order valence-corrected chi connectivity index (χ2v) is 6.80. The Labute approximate surface area is 150 Å². The SMILES string of the molecule is O=C(/C=C/c1ccc(Br)o1)NC1CCN(Cc2ccccc2)CC1. The topological polar surface area (TPSA) is 45.5 Å². The summed E-state index contributed by atoms with van der Waals surface area (Å²) in [5, 5.41) is 3.07. The monoisotopic (exact) mass is 388 g/mol. The van der Waals surface area contributed by atoms with Crippen molar-refractivity contribution in [3.63, 3.8) is 0 Å². The van der Waals surface area contributed by atoms with Gasteiger partial charge in [0, 0.05) is 31.8 Å². The van der Waals surface area contributed by atoms with Crippen molar-refractivity contribution in [1.29, 1.82) is 0 Å². The Kier molecular flexibility index (Phi) is 5.88. The number of hydrogen-bond donors (Lipinski definition) is 1. The molecule has 1 aromatic heterocycles. The zero-order valence-corrected chi connectivity index (χ0v) is 15.0. The van der Waals surface area contributed by atoms with Crippen molar-refractivity contribution in [3.05, 3.63) is 64.5 Å². The van der Waals surface area contributed by atoms with Gasteiger partial charge in [-0.3, -0.25) is 9.69 Å². The average Bonchev–Trinajstić information content (AvgIpc) is 3.01. The van der Waals surface area contributed by atoms with E-state index in [1.54, 1.807) is 12.1 Å². The Morgan fingerprint density at radius 3 is 2.62 bits per heavy atom. The van der Waals surface area contributed by atoms with Crippen molar-refractivity contribution in [3.8, 4) is 0 Å². The highest BCUT2D eigenvalue weighted by Crippen LogP contribution is 2.16. The fourth-order valence-electron chi connectivity index (χ4n) is 2.90. The van der Waals surface area contributed by atoms with Gasteiger partial charge in [0.25, 0.3) is 0 Å². The predicted octanol–water partition coefficient (Wildman–Crippen LogP) is 3.84. The van der Waals surface area contributed by atoms with E-state index in [1.807, 2.05) is 12.1 Å². The fourth-order valence-corrected chi connectivity index (χ4v) is 3.22. The second-order valence-electron chi connectivity index (χ2n) is 6.02. The number of nitrogens with zero attached hydrogens (tertiary/aromatic N) is 1. The molecule has 24 heavy (non-hydrogen) atoms. The van der Waals surface area contributed by atoms with Gasteiger partial charge in [0.1, 0.15) is 5.76 Å². The van der Waals surface area contributed by atoms with Crippen LogP contribution < -0.4 is 5.32 Å². The molecule has 0 spiro atoms. The molecule has 126 valence electrons. The Hall–Kier alpha value is -1.85. The van der Waals surface area contributed by atoms with Gasteiger partial charge in [0.2, 0.25) is 5.91 Å². The summed E-state index contributed by atoms with van der Waals surface area (Å²) in [4.78, 5) is 14.4. The summed E-state index contributed by atoms with van der Waals surface area (Å²) in [7, 11) is 0. The third-order valence-electron chi connectivity index (χ3n) is 4.18. The molecular formula is C19H21BrN2O2. The first-order valence-corrected chi connectivity index (χ1v) is 8.98. The normalized spacial score (nSPS) is 16.5. The zero-order valence-electron chi connectivity index (χ0n) is 13.5. The van der Waals surface area contributed by atoms with E-state index in [0.29, 0.717) is 10.4 Å². The highest BCUT2D eigenvalue weighted by atomic mass is 79.9. The summed E-state index contributed by atoms with van der Waals surface area (Å²) in [6.07, 6.45) is 5.18. The molecule has 1 N–H and O–H groups in total. The first-order chi connectivity index (χ1) is 11.7. The van der Waals surface area contributed by atoms with Gasteiger partial charge in [-0.15, -0.1) is 0 Å². The van der Waals surface area contributed by atoms with Gasteiger partial charge in [-0.2, -0.15) is 0 Å². The number of rotatable bonds is 5. The molecule has 2 aromatic rings. The van der Waals surface area contributed by atoms with Crippen molar-refractivity contribution in [1.82, 2.24) is 10.2 Å². The van der Waals surface area contributed by atoms with Gasteiger partial charge < -0.3 is 9.73 Å². The number of halogens is 1. The molecule has 2 heterocycles. The molecule has 4 nitrogen and oxygen atoms in total. The van der Waals surface area contributed by atoms with E-state index in [4.69, 9.17) is 4.42 Å². The average molecular weight is 389 g/mol. The summed E-state index contributed by atoms with van der Waals surface area (Å²) < 4.78 is 6.00. The molecule has 0 saturated carbocycles. The summed E-state index contributed by atoms with van der Waals surface area (Å²) >= 11 is 3.24. The lowest BCUT2D eigenvalue weighted by Gasteiger charge is -2.32. The summed E-state index contributed by atoms with van der Waals surface area (Å²) in [5.41, 5.74) is 1.34. The van der Waals surface area contributed by atoms with Gasteiger partial charge in [0.15, 0.2) is 4.67 Å². The van der Waals surface area contributed by atoms with Crippen LogP contribution in [0.5, 0.6) is 0 Å². The minimum absolute atomic E-state index is 0.0657. The van der Waals surface area contributed by atoms with Crippen LogP contribution in [-0.2, 0) is 11.3 Å². The first kappa shape index (κ1) is 17.0. The van der Waals surface area contributed by atoms with E-state index < -0.39 is 0 Å². The molecule has 1 amide bonds. The van der Waals surface area contributed by atoms with E-state index >= 15 is 0 Å². The van der Waals surface area contributed by atoms with Crippen LogP contribution in [0.1, 0.15) is 24.2 Å². The van der Waals surface area contributed by atoms with Gasteiger partial charge >= 0.3 is 0 Å². The summed E-state index contributed by atoms with van der Waals surface area (Å²) in [6, 6.07) is 14.4. The minimum Gasteiger partial charge on any atom is -0.450 e. The van der Waals surface area contributed by atoms with E-state index in [0.717, 1.165) is 32.5 Å². The third kappa shape index (κ3) is 5.08. The number of amides is 1. The van der Waals surface area contributed by atoms with E-state index in [2.05, 4.69) is 50.4 Å². The van der Waals surface area contributed by atoms with Crippen LogP contribution in [0.15, 0.2) is 57.6 Å². The molecule has 1 aromatic carbocycles. The summed E-state index contributed by atoms with van der Waals surface area (Å²) in [6.45, 7) is 3.00. The third-order valence-corrected chi connectivity index (χ3v) is 4.60. The minimum atomic E-state index is -0.0657. The van der Waals surface area contributed by atoms with Crippen LogP contribution in [0, 0.1) is 0 Å². The van der Waals surface area contributed by atoms with Crippen molar-refractivity contribution in [2.45, 2.75) is 25.4 Å². The molecule has 0 unspecified atom stereocenters. The lowest BCUT2D eigenvalue weighted by molar-refractivity contribution is -0.117. The summed E-state index contributed by atoms with van der Waals surface area (Å²) in [5.74, 6) is 0.596. The molecule has 5 heteroatoms. The lowest BCUT2D eigenvalue weighted by Crippen LogP contribution is -2.43. The van der Waals surface area contributed by atoms with Gasteiger partial charge in [-0.1, -0.05) is 30.3 Å². The van der Waals surface area contributed by atoms with Crippen LogP contribution in [0.25, 0.3) is 6.08 Å². The Balaban J connectivity index is 1.42. The smallest absolute Gasteiger partial charge is 0.244 e. The molecule has 1 fully saturated rings.